The van der Waals surface area contributed by atoms with Gasteiger partial charge in [0.05, 0.1) is 17.2 Å². The van der Waals surface area contributed by atoms with Gasteiger partial charge in [-0.1, -0.05) is 32.9 Å². The third kappa shape index (κ3) is 5.12. The standard InChI is InChI=1S/C26H27N5O5/c1-4-11-31-22-21(25(34)30-26(31)35)18(13-19(29-22)15(2)3)23(32)27-14-16-7-9-17(10-8-16)28-24(33)20-6-5-12-36-20/h5-10,12-13,15H,4,11,14H2,1-3H3,(H,27,32)(H,28,33)(H,30,34,35). The van der Waals surface area contributed by atoms with Crippen molar-refractivity contribution in [1.29, 1.82) is 0 Å². The average molecular weight is 490 g/mol. The van der Waals surface area contributed by atoms with Crippen LogP contribution in [-0.4, -0.2) is 26.3 Å². The van der Waals surface area contributed by atoms with Crippen LogP contribution in [0, 0.1) is 0 Å². The number of hydrogen-bond donors (Lipinski definition) is 3. The summed E-state index contributed by atoms with van der Waals surface area (Å²) in [6.07, 6.45) is 2.09. The number of anilines is 1. The molecule has 0 spiro atoms. The Kier molecular flexibility index (Phi) is 7.14. The van der Waals surface area contributed by atoms with Crippen LogP contribution in [0.2, 0.25) is 0 Å². The number of nitrogens with zero attached hydrogens (tertiary/aromatic N) is 2. The van der Waals surface area contributed by atoms with Crippen LogP contribution in [0.1, 0.15) is 65.3 Å². The molecule has 3 N–H and O–H groups in total. The number of benzene rings is 1. The Morgan fingerprint density at radius 3 is 2.50 bits per heavy atom. The molecule has 1 aromatic carbocycles. The number of aromatic amines is 1. The summed E-state index contributed by atoms with van der Waals surface area (Å²) in [5, 5.41) is 5.66. The highest BCUT2D eigenvalue weighted by atomic mass is 16.3. The number of carbonyl (C=O) groups is 2. The van der Waals surface area contributed by atoms with Gasteiger partial charge in [-0.3, -0.25) is 23.9 Å². The van der Waals surface area contributed by atoms with Crippen LogP contribution in [0.25, 0.3) is 11.0 Å². The SMILES string of the molecule is CCCn1c(=O)[nH]c(=O)c2c(C(=O)NCc3ccc(NC(=O)c4ccco4)cc3)cc(C(C)C)nc21. The first-order chi connectivity index (χ1) is 17.3. The molecular weight excluding hydrogens is 462 g/mol. The van der Waals surface area contributed by atoms with Gasteiger partial charge in [-0.15, -0.1) is 0 Å². The van der Waals surface area contributed by atoms with Crippen LogP contribution >= 0.6 is 0 Å². The summed E-state index contributed by atoms with van der Waals surface area (Å²) in [5.74, 6) is -0.629. The summed E-state index contributed by atoms with van der Waals surface area (Å²) < 4.78 is 6.48. The van der Waals surface area contributed by atoms with Crippen LogP contribution in [0.4, 0.5) is 5.69 Å². The van der Waals surface area contributed by atoms with Gasteiger partial charge < -0.3 is 15.1 Å². The molecule has 186 valence electrons. The van der Waals surface area contributed by atoms with Crippen molar-refractivity contribution in [3.05, 3.63) is 92.1 Å². The minimum absolute atomic E-state index is 0.0191. The first-order valence-corrected chi connectivity index (χ1v) is 11.7. The first kappa shape index (κ1) is 24.6. The van der Waals surface area contributed by atoms with Gasteiger partial charge in [0.15, 0.2) is 11.4 Å². The van der Waals surface area contributed by atoms with E-state index in [4.69, 9.17) is 4.42 Å². The van der Waals surface area contributed by atoms with Gasteiger partial charge in [0.25, 0.3) is 17.4 Å². The van der Waals surface area contributed by atoms with E-state index in [1.807, 2.05) is 20.8 Å². The van der Waals surface area contributed by atoms with E-state index in [0.29, 0.717) is 24.3 Å². The van der Waals surface area contributed by atoms with Gasteiger partial charge in [-0.25, -0.2) is 9.78 Å². The van der Waals surface area contributed by atoms with E-state index in [1.165, 1.54) is 10.8 Å². The number of nitrogens with one attached hydrogen (secondary N) is 3. The summed E-state index contributed by atoms with van der Waals surface area (Å²) in [6, 6.07) is 11.8. The zero-order valence-corrected chi connectivity index (χ0v) is 20.3. The maximum atomic E-state index is 13.2. The normalized spacial score (nSPS) is 11.1. The molecule has 0 bridgehead atoms. The lowest BCUT2D eigenvalue weighted by Crippen LogP contribution is -2.33. The second-order valence-electron chi connectivity index (χ2n) is 8.67. The zero-order valence-electron chi connectivity index (χ0n) is 20.3. The Morgan fingerprint density at radius 1 is 1.11 bits per heavy atom. The van der Waals surface area contributed by atoms with Crippen molar-refractivity contribution >= 4 is 28.5 Å². The molecule has 0 aliphatic heterocycles. The average Bonchev–Trinajstić information content (AvgIpc) is 3.40. The largest absolute Gasteiger partial charge is 0.459 e. The Hall–Kier alpha value is -4.47. The summed E-state index contributed by atoms with van der Waals surface area (Å²) in [6.45, 7) is 6.33. The van der Waals surface area contributed by atoms with Crippen molar-refractivity contribution in [3.63, 3.8) is 0 Å². The van der Waals surface area contributed by atoms with Crippen molar-refractivity contribution in [2.45, 2.75) is 46.2 Å². The third-order valence-electron chi connectivity index (χ3n) is 5.66. The fourth-order valence-electron chi connectivity index (χ4n) is 3.78. The molecule has 0 aliphatic carbocycles. The van der Waals surface area contributed by atoms with E-state index in [-0.39, 0.29) is 40.7 Å². The molecule has 4 aromatic rings. The highest BCUT2D eigenvalue weighted by molar-refractivity contribution is 6.05. The molecule has 0 saturated heterocycles. The molecule has 36 heavy (non-hydrogen) atoms. The number of carbonyl (C=O) groups excluding carboxylic acids is 2. The topological polar surface area (TPSA) is 139 Å². The lowest BCUT2D eigenvalue weighted by Gasteiger charge is -2.14. The maximum absolute atomic E-state index is 13.2. The van der Waals surface area contributed by atoms with Crippen molar-refractivity contribution < 1.29 is 14.0 Å². The maximum Gasteiger partial charge on any atom is 0.329 e. The van der Waals surface area contributed by atoms with Gasteiger partial charge in [0, 0.05) is 24.5 Å². The van der Waals surface area contributed by atoms with Crippen LogP contribution in [-0.2, 0) is 13.1 Å². The fourth-order valence-corrected chi connectivity index (χ4v) is 3.78. The second-order valence-corrected chi connectivity index (χ2v) is 8.67. The molecule has 0 aliphatic rings. The number of fused-ring (bicyclic) bond motifs is 1. The Labute approximate surface area is 206 Å². The number of furan rings is 1. The molecule has 10 nitrogen and oxygen atoms in total. The van der Waals surface area contributed by atoms with Crippen molar-refractivity contribution in [3.8, 4) is 0 Å². The molecule has 2 amide bonds. The van der Waals surface area contributed by atoms with Gasteiger partial charge >= 0.3 is 5.69 Å². The predicted molar refractivity (Wildman–Crippen MR) is 135 cm³/mol. The monoisotopic (exact) mass is 489 g/mol. The van der Waals surface area contributed by atoms with Crippen LogP contribution < -0.4 is 21.9 Å². The number of aryl methyl sites for hydroxylation is 1. The molecule has 0 radical (unpaired) electrons. The van der Waals surface area contributed by atoms with Gasteiger partial charge in [0.1, 0.15) is 0 Å². The molecule has 10 heteroatoms. The molecule has 0 atom stereocenters. The number of amides is 2. The summed E-state index contributed by atoms with van der Waals surface area (Å²) in [5.41, 5.74) is 1.15. The van der Waals surface area contributed by atoms with Gasteiger partial charge in [-0.05, 0) is 48.2 Å². The van der Waals surface area contributed by atoms with E-state index < -0.39 is 17.2 Å². The molecule has 3 aromatic heterocycles. The highest BCUT2D eigenvalue weighted by Gasteiger charge is 2.20. The third-order valence-corrected chi connectivity index (χ3v) is 5.66. The smallest absolute Gasteiger partial charge is 0.329 e. The van der Waals surface area contributed by atoms with Crippen molar-refractivity contribution in [2.75, 3.05) is 5.32 Å². The van der Waals surface area contributed by atoms with Crippen LogP contribution in [0.5, 0.6) is 0 Å². The molecule has 4 rings (SSSR count). The predicted octanol–water partition coefficient (Wildman–Crippen LogP) is 3.39. The summed E-state index contributed by atoms with van der Waals surface area (Å²) in [4.78, 5) is 57.3. The van der Waals surface area contributed by atoms with E-state index >= 15 is 0 Å². The number of pyridine rings is 1. The minimum Gasteiger partial charge on any atom is -0.459 e. The second kappa shape index (κ2) is 10.4. The van der Waals surface area contributed by atoms with Crippen LogP contribution in [0.3, 0.4) is 0 Å². The Morgan fingerprint density at radius 2 is 1.86 bits per heavy atom. The minimum atomic E-state index is -0.646. The lowest BCUT2D eigenvalue weighted by atomic mass is 10.0. The number of hydrogen-bond acceptors (Lipinski definition) is 6. The Balaban J connectivity index is 1.57. The van der Waals surface area contributed by atoms with E-state index in [0.717, 1.165) is 5.56 Å². The van der Waals surface area contributed by atoms with Crippen LogP contribution in [0.15, 0.2) is 62.7 Å². The van der Waals surface area contributed by atoms with Crippen molar-refractivity contribution in [2.24, 2.45) is 0 Å². The number of H-pyrrole nitrogens is 1. The Bertz CT molecular complexity index is 1520. The van der Waals surface area contributed by atoms with Crippen molar-refractivity contribution in [1.82, 2.24) is 19.9 Å². The quantitative estimate of drug-likeness (QED) is 0.347. The molecule has 3 heterocycles. The highest BCUT2D eigenvalue weighted by Crippen LogP contribution is 2.20. The number of rotatable bonds is 8. The summed E-state index contributed by atoms with van der Waals surface area (Å²) in [7, 11) is 0. The zero-order chi connectivity index (χ0) is 25.8. The van der Waals surface area contributed by atoms with Gasteiger partial charge in [0.2, 0.25) is 0 Å². The molecule has 0 unspecified atom stereocenters. The van der Waals surface area contributed by atoms with Gasteiger partial charge in [-0.2, -0.15) is 0 Å². The van der Waals surface area contributed by atoms with E-state index in [2.05, 4.69) is 20.6 Å². The van der Waals surface area contributed by atoms with E-state index in [1.54, 1.807) is 42.5 Å². The van der Waals surface area contributed by atoms with E-state index in [9.17, 15) is 19.2 Å². The molecule has 0 saturated carbocycles. The lowest BCUT2D eigenvalue weighted by molar-refractivity contribution is 0.0951. The summed E-state index contributed by atoms with van der Waals surface area (Å²) >= 11 is 0. The molecular formula is C26H27N5O5. The first-order valence-electron chi connectivity index (χ1n) is 11.7. The fraction of sp³-hybridized carbons (Fsp3) is 0.269. The molecule has 0 fully saturated rings. The number of aromatic nitrogens is 3.